The number of carbonyl (C=O) groups excluding carboxylic acids is 1. The summed E-state index contributed by atoms with van der Waals surface area (Å²) in [7, 11) is 1.35. The molecule has 0 atom stereocenters. The predicted molar refractivity (Wildman–Crippen MR) is 74.7 cm³/mol. The van der Waals surface area contributed by atoms with E-state index in [1.807, 2.05) is 0 Å². The van der Waals surface area contributed by atoms with Gasteiger partial charge in [0.15, 0.2) is 5.82 Å². The molecule has 0 bridgehead atoms. The lowest BCUT2D eigenvalue weighted by molar-refractivity contribution is 0.0594. The number of hydrogen-bond acceptors (Lipinski definition) is 6. The van der Waals surface area contributed by atoms with Gasteiger partial charge in [-0.3, -0.25) is 0 Å². The van der Waals surface area contributed by atoms with E-state index < -0.39 is 5.97 Å². The fraction of sp³-hybridized carbons (Fsp3) is 0.429. The highest BCUT2D eigenvalue weighted by atomic mass is 16.5. The van der Waals surface area contributed by atoms with Gasteiger partial charge in [0.05, 0.1) is 12.6 Å². The number of ether oxygens (including phenoxy) is 1. The van der Waals surface area contributed by atoms with E-state index in [0.717, 1.165) is 37.3 Å². The van der Waals surface area contributed by atoms with Gasteiger partial charge >= 0.3 is 5.97 Å². The van der Waals surface area contributed by atoms with E-state index in [9.17, 15) is 4.79 Å². The number of piperidine rings is 1. The molecule has 0 aromatic carbocycles. The summed E-state index contributed by atoms with van der Waals surface area (Å²) in [4.78, 5) is 26.8. The molecule has 0 unspecified atom stereocenters. The summed E-state index contributed by atoms with van der Waals surface area (Å²) in [5.41, 5.74) is 1.69. The fourth-order valence-electron chi connectivity index (χ4n) is 2.48. The summed E-state index contributed by atoms with van der Waals surface area (Å²) in [6.07, 6.45) is 5.11. The summed E-state index contributed by atoms with van der Waals surface area (Å²) in [5, 5.41) is 0. The quantitative estimate of drug-likeness (QED) is 0.776. The first kappa shape index (κ1) is 12.8. The molecule has 2 aromatic rings. The van der Waals surface area contributed by atoms with Crippen LogP contribution in [-0.2, 0) is 4.74 Å². The van der Waals surface area contributed by atoms with Crippen molar-refractivity contribution in [2.24, 2.45) is 0 Å². The molecule has 1 aliphatic rings. The number of carbonyl (C=O) groups is 1. The third-order valence-corrected chi connectivity index (χ3v) is 3.51. The normalized spacial score (nSPS) is 15.3. The minimum atomic E-state index is -0.444. The molecule has 3 heterocycles. The van der Waals surface area contributed by atoms with Crippen molar-refractivity contribution in [1.29, 1.82) is 0 Å². The Bertz CT molecular complexity index is 638. The molecule has 3 rings (SSSR count). The summed E-state index contributed by atoms with van der Waals surface area (Å²) < 4.78 is 4.71. The average Bonchev–Trinajstić information content (AvgIpc) is 2.54. The van der Waals surface area contributed by atoms with Gasteiger partial charge in [-0.1, -0.05) is 0 Å². The molecule has 1 fully saturated rings. The van der Waals surface area contributed by atoms with E-state index in [1.165, 1.54) is 13.5 Å². The van der Waals surface area contributed by atoms with Gasteiger partial charge in [0, 0.05) is 13.1 Å². The topological polar surface area (TPSA) is 68.2 Å². The van der Waals surface area contributed by atoms with E-state index in [4.69, 9.17) is 4.74 Å². The largest absolute Gasteiger partial charge is 0.464 e. The molecule has 2 aromatic heterocycles. The Balaban J connectivity index is 2.08. The Hall–Kier alpha value is -2.24. The van der Waals surface area contributed by atoms with Crippen LogP contribution in [-0.4, -0.2) is 41.1 Å². The zero-order valence-electron chi connectivity index (χ0n) is 11.4. The van der Waals surface area contributed by atoms with Crippen molar-refractivity contribution < 1.29 is 9.53 Å². The van der Waals surface area contributed by atoms with Crippen LogP contribution in [0.4, 0.5) is 5.82 Å². The van der Waals surface area contributed by atoms with Crippen LogP contribution in [0.1, 0.15) is 29.8 Å². The second-order valence-corrected chi connectivity index (χ2v) is 4.80. The van der Waals surface area contributed by atoms with Crippen LogP contribution in [0.3, 0.4) is 0 Å². The number of rotatable bonds is 2. The van der Waals surface area contributed by atoms with Crippen molar-refractivity contribution in [2.75, 3.05) is 25.1 Å². The second kappa shape index (κ2) is 5.40. The number of anilines is 1. The Morgan fingerprint density at radius 1 is 1.20 bits per heavy atom. The molecule has 6 nitrogen and oxygen atoms in total. The Labute approximate surface area is 116 Å². The molecule has 0 amide bonds. The Morgan fingerprint density at radius 3 is 2.75 bits per heavy atom. The third kappa shape index (κ3) is 2.29. The second-order valence-electron chi connectivity index (χ2n) is 4.80. The lowest BCUT2D eigenvalue weighted by Crippen LogP contribution is -2.30. The number of fused-ring (bicyclic) bond motifs is 1. The van der Waals surface area contributed by atoms with E-state index in [2.05, 4.69) is 19.9 Å². The van der Waals surface area contributed by atoms with Crippen molar-refractivity contribution in [3.8, 4) is 0 Å². The molecule has 6 heteroatoms. The van der Waals surface area contributed by atoms with Crippen LogP contribution >= 0.6 is 0 Å². The van der Waals surface area contributed by atoms with E-state index in [1.54, 1.807) is 18.5 Å². The first-order chi connectivity index (χ1) is 9.79. The Kier molecular flexibility index (Phi) is 3.45. The standard InChI is InChI=1S/C14H16N4O2/c1-20-14(19)11-6-5-10-12(17-11)13(16-9-15-10)18-7-3-2-4-8-18/h5-6,9H,2-4,7-8H2,1H3. The summed E-state index contributed by atoms with van der Waals surface area (Å²) in [6, 6.07) is 3.41. The first-order valence-electron chi connectivity index (χ1n) is 6.74. The number of hydrogen-bond donors (Lipinski definition) is 0. The van der Waals surface area contributed by atoms with Crippen molar-refractivity contribution in [1.82, 2.24) is 15.0 Å². The zero-order valence-corrected chi connectivity index (χ0v) is 11.4. The maximum absolute atomic E-state index is 11.6. The highest BCUT2D eigenvalue weighted by Gasteiger charge is 2.17. The molecule has 1 saturated heterocycles. The Morgan fingerprint density at radius 2 is 2.00 bits per heavy atom. The summed E-state index contributed by atoms with van der Waals surface area (Å²) >= 11 is 0. The number of esters is 1. The first-order valence-corrected chi connectivity index (χ1v) is 6.74. The molecule has 0 spiro atoms. The van der Waals surface area contributed by atoms with Crippen LogP contribution in [0.25, 0.3) is 11.0 Å². The fourth-order valence-corrected chi connectivity index (χ4v) is 2.48. The van der Waals surface area contributed by atoms with E-state index in [0.29, 0.717) is 5.52 Å². The summed E-state index contributed by atoms with van der Waals surface area (Å²) in [6.45, 7) is 1.94. The molecule has 0 N–H and O–H groups in total. The van der Waals surface area contributed by atoms with E-state index >= 15 is 0 Å². The van der Waals surface area contributed by atoms with E-state index in [-0.39, 0.29) is 5.69 Å². The zero-order chi connectivity index (χ0) is 13.9. The van der Waals surface area contributed by atoms with Crippen molar-refractivity contribution in [2.45, 2.75) is 19.3 Å². The van der Waals surface area contributed by atoms with Crippen LogP contribution in [0.2, 0.25) is 0 Å². The van der Waals surface area contributed by atoms with Crippen molar-refractivity contribution >= 4 is 22.8 Å². The van der Waals surface area contributed by atoms with Gasteiger partial charge in [0.1, 0.15) is 17.5 Å². The van der Waals surface area contributed by atoms with Crippen LogP contribution < -0.4 is 4.90 Å². The monoisotopic (exact) mass is 272 g/mol. The molecule has 0 aliphatic carbocycles. The van der Waals surface area contributed by atoms with Gasteiger partial charge in [-0.05, 0) is 31.4 Å². The number of pyridine rings is 1. The predicted octanol–water partition coefficient (Wildman–Crippen LogP) is 1.80. The third-order valence-electron chi connectivity index (χ3n) is 3.51. The minimum absolute atomic E-state index is 0.285. The van der Waals surface area contributed by atoms with Crippen molar-refractivity contribution in [3.05, 3.63) is 24.2 Å². The van der Waals surface area contributed by atoms with Gasteiger partial charge in [0.25, 0.3) is 0 Å². The highest BCUT2D eigenvalue weighted by molar-refractivity contribution is 5.93. The molecule has 20 heavy (non-hydrogen) atoms. The molecule has 104 valence electrons. The van der Waals surface area contributed by atoms with Crippen LogP contribution in [0.5, 0.6) is 0 Å². The average molecular weight is 272 g/mol. The van der Waals surface area contributed by atoms with Crippen molar-refractivity contribution in [3.63, 3.8) is 0 Å². The summed E-state index contributed by atoms with van der Waals surface area (Å²) in [5.74, 6) is 0.362. The van der Waals surface area contributed by atoms with Crippen LogP contribution in [0, 0.1) is 0 Å². The maximum atomic E-state index is 11.6. The van der Waals surface area contributed by atoms with Gasteiger partial charge in [-0.15, -0.1) is 0 Å². The number of methoxy groups -OCH3 is 1. The van der Waals surface area contributed by atoms with Gasteiger partial charge in [0.2, 0.25) is 0 Å². The molecule has 0 radical (unpaired) electrons. The van der Waals surface area contributed by atoms with Crippen LogP contribution in [0.15, 0.2) is 18.5 Å². The number of aromatic nitrogens is 3. The highest BCUT2D eigenvalue weighted by Crippen LogP contribution is 2.24. The SMILES string of the molecule is COC(=O)c1ccc2ncnc(N3CCCCC3)c2n1. The molecule has 1 aliphatic heterocycles. The number of nitrogens with zero attached hydrogens (tertiary/aromatic N) is 4. The smallest absolute Gasteiger partial charge is 0.356 e. The molecular formula is C14H16N4O2. The van der Waals surface area contributed by atoms with Gasteiger partial charge in [-0.2, -0.15) is 0 Å². The minimum Gasteiger partial charge on any atom is -0.464 e. The molecular weight excluding hydrogens is 256 g/mol. The molecule has 0 saturated carbocycles. The maximum Gasteiger partial charge on any atom is 0.356 e. The van der Waals surface area contributed by atoms with Gasteiger partial charge in [-0.25, -0.2) is 19.7 Å². The lowest BCUT2D eigenvalue weighted by atomic mass is 10.1. The lowest BCUT2D eigenvalue weighted by Gasteiger charge is -2.28. The van der Waals surface area contributed by atoms with Gasteiger partial charge < -0.3 is 9.64 Å².